The Labute approximate surface area is 211 Å². The van der Waals surface area contributed by atoms with Crippen molar-refractivity contribution < 1.29 is 29.0 Å². The molecule has 0 aromatic heterocycles. The quantitative estimate of drug-likeness (QED) is 0.540. The van der Waals surface area contributed by atoms with Gasteiger partial charge >= 0.3 is 5.97 Å². The fraction of sp³-hybridized carbons (Fsp3) is 0.433. The molecule has 5 rings (SSSR count). The first-order valence-corrected chi connectivity index (χ1v) is 12.5. The molecule has 0 saturated carbocycles. The van der Waals surface area contributed by atoms with Crippen LogP contribution in [0, 0.1) is 10.8 Å². The van der Waals surface area contributed by atoms with Gasteiger partial charge in [0.25, 0.3) is 0 Å². The topological polar surface area (TPSA) is 89.9 Å². The number of carboxylic acids is 1. The Morgan fingerprint density at radius 2 is 1.53 bits per heavy atom. The van der Waals surface area contributed by atoms with Crippen molar-refractivity contribution in [1.29, 1.82) is 0 Å². The maximum Gasteiger partial charge on any atom is 0.335 e. The number of aromatic carboxylic acids is 1. The van der Waals surface area contributed by atoms with E-state index in [9.17, 15) is 19.5 Å². The maximum atomic E-state index is 13.7. The summed E-state index contributed by atoms with van der Waals surface area (Å²) < 4.78 is 12.5. The van der Waals surface area contributed by atoms with Crippen LogP contribution in [0.5, 0.6) is 5.75 Å². The summed E-state index contributed by atoms with van der Waals surface area (Å²) in [7, 11) is 0. The number of carbonyl (C=O) groups is 3. The van der Waals surface area contributed by atoms with E-state index in [1.165, 1.54) is 0 Å². The average molecular weight is 489 g/mol. The second kappa shape index (κ2) is 8.32. The summed E-state index contributed by atoms with van der Waals surface area (Å²) in [6, 6.07) is 8.60. The summed E-state index contributed by atoms with van der Waals surface area (Å²) in [5.74, 6) is 0.224. The van der Waals surface area contributed by atoms with Gasteiger partial charge in [-0.2, -0.15) is 0 Å². The highest BCUT2D eigenvalue weighted by molar-refractivity contribution is 6.08. The molecule has 0 amide bonds. The van der Waals surface area contributed by atoms with Gasteiger partial charge in [0.1, 0.15) is 17.3 Å². The van der Waals surface area contributed by atoms with Gasteiger partial charge < -0.3 is 14.6 Å². The molecule has 0 spiro atoms. The molecule has 1 aliphatic heterocycles. The molecule has 0 atom stereocenters. The minimum Gasteiger partial charge on any atom is -0.494 e. The van der Waals surface area contributed by atoms with E-state index in [-0.39, 0.29) is 28.0 Å². The summed E-state index contributed by atoms with van der Waals surface area (Å²) in [4.78, 5) is 39.0. The molecule has 1 N–H and O–H groups in total. The molecular formula is C30H32O6. The fourth-order valence-corrected chi connectivity index (χ4v) is 6.01. The number of carbonyl (C=O) groups excluding carboxylic acids is 2. The van der Waals surface area contributed by atoms with Crippen LogP contribution in [-0.2, 0) is 14.3 Å². The Bertz CT molecular complexity index is 1340. The van der Waals surface area contributed by atoms with Crippen molar-refractivity contribution in [1.82, 2.24) is 0 Å². The van der Waals surface area contributed by atoms with E-state index in [2.05, 4.69) is 27.7 Å². The Morgan fingerprint density at radius 3 is 2.06 bits per heavy atom. The minimum atomic E-state index is -1.01. The summed E-state index contributed by atoms with van der Waals surface area (Å²) in [5, 5.41) is 11.0. The maximum absolute atomic E-state index is 13.7. The van der Waals surface area contributed by atoms with Crippen LogP contribution in [0.4, 0.5) is 0 Å². The molecule has 6 nitrogen and oxygen atoms in total. The van der Waals surface area contributed by atoms with E-state index in [0.717, 1.165) is 16.3 Å². The highest BCUT2D eigenvalue weighted by atomic mass is 16.5. The molecule has 6 heteroatoms. The van der Waals surface area contributed by atoms with Crippen molar-refractivity contribution in [3.8, 4) is 5.75 Å². The molecule has 188 valence electrons. The molecule has 0 radical (unpaired) electrons. The third-order valence-corrected chi connectivity index (χ3v) is 7.44. The number of Topliss-reactive ketones (excluding diaryl/α,β-unsaturated/α-hetero) is 2. The van der Waals surface area contributed by atoms with Crippen molar-refractivity contribution in [2.45, 2.75) is 66.2 Å². The fourth-order valence-electron chi connectivity index (χ4n) is 6.01. The predicted molar refractivity (Wildman–Crippen MR) is 136 cm³/mol. The summed E-state index contributed by atoms with van der Waals surface area (Å²) in [6.45, 7) is 10.5. The second-order valence-electron chi connectivity index (χ2n) is 11.7. The SMILES string of the molecule is CCOc1ccc2cc(C(=O)O)ccc2c1C1C2=C(CC(C)(C)CC2=O)OC2=C1C(=O)CC(C)(C)C2. The van der Waals surface area contributed by atoms with E-state index in [0.29, 0.717) is 60.7 Å². The van der Waals surface area contributed by atoms with E-state index < -0.39 is 11.9 Å². The zero-order chi connectivity index (χ0) is 26.0. The summed E-state index contributed by atoms with van der Waals surface area (Å²) in [5.41, 5.74) is 1.50. The standard InChI is InChI=1S/C30H32O6/c1-6-35-21-10-8-16-11-17(28(33)34)7-9-18(16)24(21)27-25-19(31)12-29(2,3)14-22(25)36-23-15-30(4,5)13-20(32)26(23)27/h7-11,27H,6,12-15H2,1-5H3,(H,33,34). The molecule has 0 fully saturated rings. The number of fused-ring (bicyclic) bond motifs is 1. The van der Waals surface area contributed by atoms with Crippen molar-refractivity contribution in [3.63, 3.8) is 0 Å². The number of hydrogen-bond donors (Lipinski definition) is 1. The van der Waals surface area contributed by atoms with Gasteiger partial charge in [-0.3, -0.25) is 9.59 Å². The highest BCUT2D eigenvalue weighted by Crippen LogP contribution is 2.55. The van der Waals surface area contributed by atoms with E-state index in [4.69, 9.17) is 9.47 Å². The van der Waals surface area contributed by atoms with Crippen molar-refractivity contribution >= 4 is 28.3 Å². The first-order valence-electron chi connectivity index (χ1n) is 12.5. The van der Waals surface area contributed by atoms with Crippen LogP contribution in [0.15, 0.2) is 53.0 Å². The molecule has 2 aromatic rings. The Morgan fingerprint density at radius 1 is 0.944 bits per heavy atom. The molecule has 0 saturated heterocycles. The Hall–Kier alpha value is -3.41. The lowest BCUT2D eigenvalue weighted by molar-refractivity contribution is -0.120. The van der Waals surface area contributed by atoms with Gasteiger partial charge in [-0.25, -0.2) is 4.79 Å². The molecule has 0 unspecified atom stereocenters. The van der Waals surface area contributed by atoms with Gasteiger partial charge in [-0.05, 0) is 46.7 Å². The van der Waals surface area contributed by atoms with E-state index >= 15 is 0 Å². The third-order valence-electron chi connectivity index (χ3n) is 7.44. The van der Waals surface area contributed by atoms with Crippen LogP contribution in [-0.4, -0.2) is 29.2 Å². The van der Waals surface area contributed by atoms with Gasteiger partial charge in [0.15, 0.2) is 11.6 Å². The van der Waals surface area contributed by atoms with Crippen LogP contribution >= 0.6 is 0 Å². The molecule has 2 aromatic carbocycles. The number of hydrogen-bond acceptors (Lipinski definition) is 5. The van der Waals surface area contributed by atoms with E-state index in [1.807, 2.05) is 19.1 Å². The smallest absolute Gasteiger partial charge is 0.335 e. The molecule has 1 heterocycles. The van der Waals surface area contributed by atoms with Crippen molar-refractivity contribution in [2.24, 2.45) is 10.8 Å². The third kappa shape index (κ3) is 4.02. The number of ether oxygens (including phenoxy) is 2. The Kier molecular flexibility index (Phi) is 5.62. The van der Waals surface area contributed by atoms with Gasteiger partial charge in [0, 0.05) is 42.4 Å². The highest BCUT2D eigenvalue weighted by Gasteiger charge is 2.48. The van der Waals surface area contributed by atoms with Crippen LogP contribution < -0.4 is 4.74 Å². The largest absolute Gasteiger partial charge is 0.494 e. The predicted octanol–water partition coefficient (Wildman–Crippen LogP) is 6.34. The summed E-state index contributed by atoms with van der Waals surface area (Å²) >= 11 is 0. The second-order valence-corrected chi connectivity index (χ2v) is 11.7. The molecule has 3 aliphatic rings. The van der Waals surface area contributed by atoms with Gasteiger partial charge in [-0.1, -0.05) is 39.8 Å². The van der Waals surface area contributed by atoms with Crippen molar-refractivity contribution in [2.75, 3.05) is 6.61 Å². The van der Waals surface area contributed by atoms with Crippen LogP contribution in [0.2, 0.25) is 0 Å². The molecule has 0 bridgehead atoms. The number of ketones is 2. The minimum absolute atomic E-state index is 0.0166. The van der Waals surface area contributed by atoms with Gasteiger partial charge in [-0.15, -0.1) is 0 Å². The van der Waals surface area contributed by atoms with Crippen LogP contribution in [0.25, 0.3) is 10.8 Å². The summed E-state index contributed by atoms with van der Waals surface area (Å²) in [6.07, 6.45) is 1.94. The number of benzene rings is 2. The monoisotopic (exact) mass is 488 g/mol. The first kappa shape index (κ1) is 24.3. The normalized spacial score (nSPS) is 21.2. The average Bonchev–Trinajstić information content (AvgIpc) is 2.75. The lowest BCUT2D eigenvalue weighted by Gasteiger charge is -2.43. The lowest BCUT2D eigenvalue weighted by atomic mass is 9.65. The number of carboxylic acid groups (broad SMARTS) is 1. The Balaban J connectivity index is 1.83. The van der Waals surface area contributed by atoms with E-state index in [1.54, 1.807) is 18.2 Å². The van der Waals surface area contributed by atoms with Gasteiger partial charge in [0.2, 0.25) is 0 Å². The first-order chi connectivity index (χ1) is 16.9. The van der Waals surface area contributed by atoms with Crippen molar-refractivity contribution in [3.05, 3.63) is 64.1 Å². The van der Waals surface area contributed by atoms with Crippen LogP contribution in [0.1, 0.15) is 82.1 Å². The molecule has 2 aliphatic carbocycles. The molecular weight excluding hydrogens is 456 g/mol. The molecule has 36 heavy (non-hydrogen) atoms. The van der Waals surface area contributed by atoms with Gasteiger partial charge in [0.05, 0.1) is 18.1 Å². The zero-order valence-electron chi connectivity index (χ0n) is 21.5. The zero-order valence-corrected chi connectivity index (χ0v) is 21.5. The number of rotatable bonds is 4. The van der Waals surface area contributed by atoms with Crippen LogP contribution in [0.3, 0.4) is 0 Å². The number of allylic oxidation sites excluding steroid dienone is 4. The lowest BCUT2D eigenvalue weighted by Crippen LogP contribution is -2.37.